The number of hydrogen-bond acceptors (Lipinski definition) is 2. The Morgan fingerprint density at radius 3 is 2.00 bits per heavy atom. The molecule has 0 saturated carbocycles. The molecule has 2 aromatic carbocycles. The van der Waals surface area contributed by atoms with Crippen LogP contribution >= 0.6 is 0 Å². The monoisotopic (exact) mass is 240 g/mol. The number of aryl methyl sites for hydroxylation is 2. The standard InChI is InChI=1S/C16H20N2/c1-11-9-13(7-8-17)10-12(2)16(11)14-3-5-15(18)6-4-14/h3-6,9-10H,7-8,17-18H2,1-2H3. The molecule has 0 unspecified atom stereocenters. The zero-order valence-corrected chi connectivity index (χ0v) is 11.0. The molecule has 4 N–H and O–H groups in total. The van der Waals surface area contributed by atoms with Crippen molar-refractivity contribution in [2.24, 2.45) is 5.73 Å². The number of benzene rings is 2. The molecule has 0 fully saturated rings. The normalized spacial score (nSPS) is 10.6. The van der Waals surface area contributed by atoms with Crippen molar-refractivity contribution in [2.75, 3.05) is 12.3 Å². The molecule has 0 spiro atoms. The van der Waals surface area contributed by atoms with E-state index in [1.807, 2.05) is 12.1 Å². The van der Waals surface area contributed by atoms with Crippen molar-refractivity contribution < 1.29 is 0 Å². The lowest BCUT2D eigenvalue weighted by Gasteiger charge is -2.13. The maximum atomic E-state index is 5.73. The van der Waals surface area contributed by atoms with E-state index in [1.165, 1.54) is 27.8 Å². The van der Waals surface area contributed by atoms with Crippen LogP contribution in [0.25, 0.3) is 11.1 Å². The summed E-state index contributed by atoms with van der Waals surface area (Å²) in [6.45, 7) is 5.00. The highest BCUT2D eigenvalue weighted by Gasteiger charge is 2.07. The van der Waals surface area contributed by atoms with E-state index in [2.05, 4.69) is 38.1 Å². The second-order valence-corrected chi connectivity index (χ2v) is 4.77. The van der Waals surface area contributed by atoms with Crippen molar-refractivity contribution in [2.45, 2.75) is 20.3 Å². The van der Waals surface area contributed by atoms with Gasteiger partial charge in [-0.05, 0) is 66.8 Å². The second kappa shape index (κ2) is 5.23. The highest BCUT2D eigenvalue weighted by molar-refractivity contribution is 5.72. The van der Waals surface area contributed by atoms with E-state index in [9.17, 15) is 0 Å². The van der Waals surface area contributed by atoms with Gasteiger partial charge >= 0.3 is 0 Å². The van der Waals surface area contributed by atoms with Crippen molar-refractivity contribution in [1.82, 2.24) is 0 Å². The second-order valence-electron chi connectivity index (χ2n) is 4.77. The lowest BCUT2D eigenvalue weighted by molar-refractivity contribution is 0.964. The summed E-state index contributed by atoms with van der Waals surface area (Å²) in [5.41, 5.74) is 18.6. The van der Waals surface area contributed by atoms with E-state index >= 15 is 0 Å². The SMILES string of the molecule is Cc1cc(CCN)cc(C)c1-c1ccc(N)cc1. The van der Waals surface area contributed by atoms with Crippen LogP contribution in [0.1, 0.15) is 16.7 Å². The Morgan fingerprint density at radius 1 is 0.944 bits per heavy atom. The summed E-state index contributed by atoms with van der Waals surface area (Å²) in [6, 6.07) is 12.5. The molecule has 0 amide bonds. The number of rotatable bonds is 3. The van der Waals surface area contributed by atoms with E-state index in [4.69, 9.17) is 11.5 Å². The van der Waals surface area contributed by atoms with Crippen molar-refractivity contribution in [3.05, 3.63) is 53.1 Å². The Bertz CT molecular complexity index is 519. The van der Waals surface area contributed by atoms with Gasteiger partial charge in [0.05, 0.1) is 0 Å². The minimum absolute atomic E-state index is 0.695. The molecule has 2 rings (SSSR count). The summed E-state index contributed by atoms with van der Waals surface area (Å²) < 4.78 is 0. The van der Waals surface area contributed by atoms with Crippen LogP contribution in [-0.2, 0) is 6.42 Å². The lowest BCUT2D eigenvalue weighted by atomic mass is 9.93. The Labute approximate surface area is 109 Å². The average molecular weight is 240 g/mol. The Kier molecular flexibility index (Phi) is 3.68. The summed E-state index contributed by atoms with van der Waals surface area (Å²) in [5.74, 6) is 0. The number of hydrogen-bond donors (Lipinski definition) is 2. The molecule has 2 heteroatoms. The van der Waals surface area contributed by atoms with E-state index in [-0.39, 0.29) is 0 Å². The van der Waals surface area contributed by atoms with Crippen LogP contribution in [0.5, 0.6) is 0 Å². The number of nitrogen functional groups attached to an aromatic ring is 1. The van der Waals surface area contributed by atoms with Crippen LogP contribution in [0.2, 0.25) is 0 Å². The first-order valence-corrected chi connectivity index (χ1v) is 6.28. The summed E-state index contributed by atoms with van der Waals surface area (Å²) >= 11 is 0. The average Bonchev–Trinajstić information content (AvgIpc) is 2.31. The summed E-state index contributed by atoms with van der Waals surface area (Å²) in [7, 11) is 0. The van der Waals surface area contributed by atoms with Crippen molar-refractivity contribution in [1.29, 1.82) is 0 Å². The minimum Gasteiger partial charge on any atom is -0.399 e. The van der Waals surface area contributed by atoms with Gasteiger partial charge in [-0.2, -0.15) is 0 Å². The van der Waals surface area contributed by atoms with Gasteiger partial charge in [0, 0.05) is 5.69 Å². The van der Waals surface area contributed by atoms with Gasteiger partial charge in [-0.25, -0.2) is 0 Å². The summed E-state index contributed by atoms with van der Waals surface area (Å²) in [4.78, 5) is 0. The zero-order valence-electron chi connectivity index (χ0n) is 11.0. The van der Waals surface area contributed by atoms with E-state index in [0.717, 1.165) is 12.1 Å². The number of anilines is 1. The molecule has 0 atom stereocenters. The first-order valence-electron chi connectivity index (χ1n) is 6.28. The molecule has 0 aliphatic heterocycles. The first-order chi connectivity index (χ1) is 8.61. The van der Waals surface area contributed by atoms with E-state index in [0.29, 0.717) is 6.54 Å². The Hall–Kier alpha value is -1.80. The molecule has 2 nitrogen and oxygen atoms in total. The van der Waals surface area contributed by atoms with Gasteiger partial charge in [0.15, 0.2) is 0 Å². The molecule has 94 valence electrons. The predicted octanol–water partition coefficient (Wildman–Crippen LogP) is 3.05. The van der Waals surface area contributed by atoms with Gasteiger partial charge in [0.2, 0.25) is 0 Å². The Morgan fingerprint density at radius 2 is 1.50 bits per heavy atom. The highest BCUT2D eigenvalue weighted by Crippen LogP contribution is 2.29. The number of nitrogens with two attached hydrogens (primary N) is 2. The molecule has 0 bridgehead atoms. The van der Waals surface area contributed by atoms with Crippen molar-refractivity contribution in [3.8, 4) is 11.1 Å². The smallest absolute Gasteiger partial charge is 0.0314 e. The van der Waals surface area contributed by atoms with Gasteiger partial charge in [0.25, 0.3) is 0 Å². The van der Waals surface area contributed by atoms with Crippen molar-refractivity contribution in [3.63, 3.8) is 0 Å². The maximum absolute atomic E-state index is 5.73. The fourth-order valence-electron chi connectivity index (χ4n) is 2.47. The fraction of sp³-hybridized carbons (Fsp3) is 0.250. The third-order valence-corrected chi connectivity index (χ3v) is 3.22. The van der Waals surface area contributed by atoms with Crippen LogP contribution in [0, 0.1) is 13.8 Å². The Balaban J connectivity index is 2.48. The molecular weight excluding hydrogens is 220 g/mol. The van der Waals surface area contributed by atoms with Gasteiger partial charge in [-0.3, -0.25) is 0 Å². The van der Waals surface area contributed by atoms with Crippen LogP contribution in [0.4, 0.5) is 5.69 Å². The highest BCUT2D eigenvalue weighted by atomic mass is 14.5. The van der Waals surface area contributed by atoms with Gasteiger partial charge in [-0.1, -0.05) is 24.3 Å². The van der Waals surface area contributed by atoms with E-state index < -0.39 is 0 Å². The molecular formula is C16H20N2. The molecule has 0 radical (unpaired) electrons. The lowest BCUT2D eigenvalue weighted by Crippen LogP contribution is -2.03. The topological polar surface area (TPSA) is 52.0 Å². The molecule has 18 heavy (non-hydrogen) atoms. The molecule has 0 aliphatic carbocycles. The van der Waals surface area contributed by atoms with Crippen LogP contribution < -0.4 is 11.5 Å². The van der Waals surface area contributed by atoms with E-state index in [1.54, 1.807) is 0 Å². The van der Waals surface area contributed by atoms with Gasteiger partial charge in [-0.15, -0.1) is 0 Å². The first kappa shape index (κ1) is 12.7. The van der Waals surface area contributed by atoms with Gasteiger partial charge < -0.3 is 11.5 Å². The summed E-state index contributed by atoms with van der Waals surface area (Å²) in [5, 5.41) is 0. The van der Waals surface area contributed by atoms with Gasteiger partial charge in [0.1, 0.15) is 0 Å². The molecule has 0 aliphatic rings. The van der Waals surface area contributed by atoms with Crippen molar-refractivity contribution >= 4 is 5.69 Å². The zero-order chi connectivity index (χ0) is 13.1. The quantitative estimate of drug-likeness (QED) is 0.810. The largest absolute Gasteiger partial charge is 0.399 e. The minimum atomic E-state index is 0.695. The van der Waals surface area contributed by atoms with Crippen LogP contribution in [-0.4, -0.2) is 6.54 Å². The third-order valence-electron chi connectivity index (χ3n) is 3.22. The maximum Gasteiger partial charge on any atom is 0.0314 e. The third kappa shape index (κ3) is 2.54. The molecule has 0 saturated heterocycles. The van der Waals surface area contributed by atoms with Crippen LogP contribution in [0.15, 0.2) is 36.4 Å². The predicted molar refractivity (Wildman–Crippen MR) is 78.5 cm³/mol. The fourth-order valence-corrected chi connectivity index (χ4v) is 2.47. The van der Waals surface area contributed by atoms with Crippen LogP contribution in [0.3, 0.4) is 0 Å². The molecule has 0 heterocycles. The molecule has 2 aromatic rings. The molecule has 0 aromatic heterocycles. The summed E-state index contributed by atoms with van der Waals surface area (Å²) in [6.07, 6.45) is 0.934.